The second-order valence-electron chi connectivity index (χ2n) is 5.37. The van der Waals surface area contributed by atoms with Crippen LogP contribution < -0.4 is 4.74 Å². The fourth-order valence-corrected chi connectivity index (χ4v) is 4.12. The number of hydrogen-bond acceptors (Lipinski definition) is 5. The van der Waals surface area contributed by atoms with Crippen LogP contribution in [0.25, 0.3) is 6.08 Å². The molecule has 1 heterocycles. The number of rotatable bonds is 3. The highest BCUT2D eigenvalue weighted by Gasteiger charge is 2.26. The average Bonchev–Trinajstić information content (AvgIpc) is 2.91. The van der Waals surface area contributed by atoms with Crippen LogP contribution in [-0.2, 0) is 14.3 Å². The molecule has 0 amide bonds. The standard InChI is InChI=1S/C18H9Br2Cl2NO4/c1-8(24)26-16-12(19)4-9(5-13(16)20)6-15-18(25)27-17(23-15)11-3-2-10(21)7-14(11)22/h2-7H,1H3. The first-order valence-corrected chi connectivity index (χ1v) is 9.74. The van der Waals surface area contributed by atoms with Gasteiger partial charge in [0.2, 0.25) is 5.90 Å². The van der Waals surface area contributed by atoms with E-state index in [4.69, 9.17) is 32.7 Å². The molecule has 0 saturated carbocycles. The van der Waals surface area contributed by atoms with E-state index in [2.05, 4.69) is 36.9 Å². The van der Waals surface area contributed by atoms with E-state index in [1.807, 2.05) is 0 Å². The first-order chi connectivity index (χ1) is 12.7. The zero-order chi connectivity index (χ0) is 19.7. The molecule has 1 aliphatic rings. The van der Waals surface area contributed by atoms with Gasteiger partial charge in [-0.15, -0.1) is 0 Å². The average molecular weight is 534 g/mol. The molecule has 2 aromatic rings. The molecule has 0 fully saturated rings. The Hall–Kier alpha value is -1.67. The monoisotopic (exact) mass is 531 g/mol. The molecule has 0 aliphatic carbocycles. The summed E-state index contributed by atoms with van der Waals surface area (Å²) in [6, 6.07) is 8.17. The third-order valence-electron chi connectivity index (χ3n) is 3.35. The molecule has 0 aromatic heterocycles. The molecule has 0 N–H and O–H groups in total. The van der Waals surface area contributed by atoms with E-state index >= 15 is 0 Å². The molecule has 0 spiro atoms. The minimum absolute atomic E-state index is 0.0996. The highest BCUT2D eigenvalue weighted by atomic mass is 79.9. The fraction of sp³-hybridized carbons (Fsp3) is 0.0556. The minimum Gasteiger partial charge on any atom is -0.424 e. The van der Waals surface area contributed by atoms with Crippen molar-refractivity contribution in [1.29, 1.82) is 0 Å². The van der Waals surface area contributed by atoms with Gasteiger partial charge in [-0.3, -0.25) is 4.79 Å². The molecule has 0 unspecified atom stereocenters. The zero-order valence-electron chi connectivity index (χ0n) is 13.6. The van der Waals surface area contributed by atoms with Gasteiger partial charge in [-0.25, -0.2) is 9.79 Å². The third-order valence-corrected chi connectivity index (χ3v) is 5.08. The predicted molar refractivity (Wildman–Crippen MR) is 110 cm³/mol. The van der Waals surface area contributed by atoms with E-state index in [0.717, 1.165) is 0 Å². The van der Waals surface area contributed by atoms with E-state index in [0.29, 0.717) is 35.9 Å². The topological polar surface area (TPSA) is 65.0 Å². The van der Waals surface area contributed by atoms with Gasteiger partial charge in [-0.05, 0) is 73.8 Å². The van der Waals surface area contributed by atoms with Crippen LogP contribution in [0.1, 0.15) is 18.1 Å². The molecule has 0 saturated heterocycles. The summed E-state index contributed by atoms with van der Waals surface area (Å²) in [6.45, 7) is 1.31. The fourth-order valence-electron chi connectivity index (χ4n) is 2.25. The molecule has 5 nitrogen and oxygen atoms in total. The predicted octanol–water partition coefficient (Wildman–Crippen LogP) is 5.79. The van der Waals surface area contributed by atoms with Crippen molar-refractivity contribution >= 4 is 79.0 Å². The lowest BCUT2D eigenvalue weighted by molar-refractivity contribution is -0.132. The number of benzene rings is 2. The normalized spacial score (nSPS) is 14.9. The van der Waals surface area contributed by atoms with Gasteiger partial charge < -0.3 is 9.47 Å². The van der Waals surface area contributed by atoms with Crippen LogP contribution in [0.5, 0.6) is 5.75 Å². The Bertz CT molecular complexity index is 1010. The summed E-state index contributed by atoms with van der Waals surface area (Å²) in [7, 11) is 0. The number of esters is 2. The molecule has 2 aromatic carbocycles. The highest BCUT2D eigenvalue weighted by molar-refractivity contribution is 9.11. The Morgan fingerprint density at radius 2 is 1.85 bits per heavy atom. The first kappa shape index (κ1) is 20.1. The van der Waals surface area contributed by atoms with Crippen LogP contribution >= 0.6 is 55.1 Å². The second kappa shape index (κ2) is 8.14. The third kappa shape index (κ3) is 4.60. The van der Waals surface area contributed by atoms with Crippen LogP contribution in [0, 0.1) is 0 Å². The van der Waals surface area contributed by atoms with Crippen LogP contribution in [-0.4, -0.2) is 17.8 Å². The summed E-state index contributed by atoms with van der Waals surface area (Å²) in [4.78, 5) is 27.5. The number of carbonyl (C=O) groups is 2. The van der Waals surface area contributed by atoms with Crippen molar-refractivity contribution in [3.05, 3.63) is 66.1 Å². The van der Waals surface area contributed by atoms with E-state index in [-0.39, 0.29) is 11.6 Å². The lowest BCUT2D eigenvalue weighted by Crippen LogP contribution is -2.06. The van der Waals surface area contributed by atoms with Gasteiger partial charge in [0.15, 0.2) is 11.4 Å². The number of halogens is 4. The number of ether oxygens (including phenoxy) is 2. The van der Waals surface area contributed by atoms with E-state index in [1.54, 1.807) is 36.4 Å². The summed E-state index contributed by atoms with van der Waals surface area (Å²) in [5, 5.41) is 0.790. The van der Waals surface area contributed by atoms with Crippen LogP contribution in [0.15, 0.2) is 50.0 Å². The summed E-state index contributed by atoms with van der Waals surface area (Å²) >= 11 is 18.7. The highest BCUT2D eigenvalue weighted by Crippen LogP contribution is 2.36. The van der Waals surface area contributed by atoms with Crippen LogP contribution in [0.2, 0.25) is 10.0 Å². The number of aliphatic imine (C=N–C) groups is 1. The largest absolute Gasteiger partial charge is 0.424 e. The molecule has 138 valence electrons. The van der Waals surface area contributed by atoms with Gasteiger partial charge in [0, 0.05) is 11.9 Å². The van der Waals surface area contributed by atoms with Gasteiger partial charge in [0.1, 0.15) is 0 Å². The Balaban J connectivity index is 1.96. The summed E-state index contributed by atoms with van der Waals surface area (Å²) in [5.41, 5.74) is 1.21. The molecule has 0 atom stereocenters. The van der Waals surface area contributed by atoms with Crippen molar-refractivity contribution in [2.45, 2.75) is 6.92 Å². The van der Waals surface area contributed by atoms with Crippen molar-refractivity contribution in [1.82, 2.24) is 0 Å². The van der Waals surface area contributed by atoms with Gasteiger partial charge in [0.25, 0.3) is 0 Å². The van der Waals surface area contributed by atoms with Gasteiger partial charge in [0.05, 0.1) is 19.5 Å². The minimum atomic E-state index is -0.604. The van der Waals surface area contributed by atoms with Crippen molar-refractivity contribution in [3.8, 4) is 5.75 Å². The molecule has 9 heteroatoms. The molecule has 0 bridgehead atoms. The number of nitrogens with zero attached hydrogens (tertiary/aromatic N) is 1. The van der Waals surface area contributed by atoms with Gasteiger partial charge >= 0.3 is 11.9 Å². The zero-order valence-corrected chi connectivity index (χ0v) is 18.2. The summed E-state index contributed by atoms with van der Waals surface area (Å²) in [6.07, 6.45) is 1.55. The number of carbonyl (C=O) groups excluding carboxylic acids is 2. The maximum absolute atomic E-state index is 12.2. The van der Waals surface area contributed by atoms with Gasteiger partial charge in [-0.2, -0.15) is 0 Å². The lowest BCUT2D eigenvalue weighted by Gasteiger charge is -2.08. The molecule has 0 radical (unpaired) electrons. The van der Waals surface area contributed by atoms with Crippen molar-refractivity contribution in [2.24, 2.45) is 4.99 Å². The number of cyclic esters (lactones) is 1. The smallest absolute Gasteiger partial charge is 0.363 e. The van der Waals surface area contributed by atoms with Crippen molar-refractivity contribution in [2.75, 3.05) is 0 Å². The lowest BCUT2D eigenvalue weighted by atomic mass is 10.2. The Morgan fingerprint density at radius 3 is 2.44 bits per heavy atom. The molecular weight excluding hydrogens is 525 g/mol. The van der Waals surface area contributed by atoms with Crippen LogP contribution in [0.3, 0.4) is 0 Å². The first-order valence-electron chi connectivity index (χ1n) is 7.40. The molecule has 27 heavy (non-hydrogen) atoms. The quantitative estimate of drug-likeness (QED) is 0.285. The van der Waals surface area contributed by atoms with E-state index < -0.39 is 11.9 Å². The van der Waals surface area contributed by atoms with Crippen LogP contribution in [0.4, 0.5) is 0 Å². The maximum atomic E-state index is 12.2. The molecule has 3 rings (SSSR count). The number of hydrogen-bond donors (Lipinski definition) is 0. The molecular formula is C18H9Br2Cl2NO4. The second-order valence-corrected chi connectivity index (χ2v) is 7.92. The van der Waals surface area contributed by atoms with Crippen molar-refractivity contribution in [3.63, 3.8) is 0 Å². The molecule has 1 aliphatic heterocycles. The van der Waals surface area contributed by atoms with Gasteiger partial charge in [-0.1, -0.05) is 23.2 Å². The summed E-state index contributed by atoms with van der Waals surface area (Å²) < 4.78 is 11.4. The Kier molecular flexibility index (Phi) is 6.05. The Labute approximate surface area is 181 Å². The SMILES string of the molecule is CC(=O)Oc1c(Br)cc(C=C2N=C(c3ccc(Cl)cc3Cl)OC2=O)cc1Br. The van der Waals surface area contributed by atoms with E-state index in [1.165, 1.54) is 6.92 Å². The Morgan fingerprint density at radius 1 is 1.19 bits per heavy atom. The van der Waals surface area contributed by atoms with E-state index in [9.17, 15) is 9.59 Å². The maximum Gasteiger partial charge on any atom is 0.363 e. The van der Waals surface area contributed by atoms with Crippen molar-refractivity contribution < 1.29 is 19.1 Å². The summed E-state index contributed by atoms with van der Waals surface area (Å²) in [5.74, 6) is -0.610.